The monoisotopic (exact) mass is 456 g/mol. The maximum atomic E-state index is 6.59. The minimum Gasteiger partial charge on any atom is -0.379 e. The number of thioether (sulfide) groups is 1. The molecule has 162 valence electrons. The first kappa shape index (κ1) is 20.8. The summed E-state index contributed by atoms with van der Waals surface area (Å²) in [5.41, 5.74) is 16.0. The molecule has 2 unspecified atom stereocenters. The molecule has 0 aliphatic carbocycles. The summed E-state index contributed by atoms with van der Waals surface area (Å²) in [6.07, 6.45) is 1.39. The van der Waals surface area contributed by atoms with Crippen LogP contribution in [0.25, 0.3) is 0 Å². The first-order valence-electron chi connectivity index (χ1n) is 10.3. The fourth-order valence-electron chi connectivity index (χ4n) is 4.03. The number of ether oxygens (including phenoxy) is 1. The highest BCUT2D eigenvalue weighted by atomic mass is 35.5. The summed E-state index contributed by atoms with van der Waals surface area (Å²) in [5.74, 6) is 0.809. The Morgan fingerprint density at radius 3 is 2.58 bits per heavy atom. The van der Waals surface area contributed by atoms with E-state index in [1.807, 2.05) is 34.1 Å². The van der Waals surface area contributed by atoms with Crippen LogP contribution in [0.5, 0.6) is 0 Å². The van der Waals surface area contributed by atoms with Gasteiger partial charge in [-0.1, -0.05) is 41.6 Å². The number of hydrogen-bond donors (Lipinski definition) is 2. The van der Waals surface area contributed by atoms with Crippen molar-refractivity contribution in [3.63, 3.8) is 0 Å². The number of halogens is 1. The number of nitrogens with zero attached hydrogens (tertiary/aromatic N) is 4. The number of morpholine rings is 1. The molecule has 3 heterocycles. The van der Waals surface area contributed by atoms with Crippen LogP contribution in [0.1, 0.15) is 5.56 Å². The van der Waals surface area contributed by atoms with Gasteiger partial charge in [0.1, 0.15) is 17.5 Å². The van der Waals surface area contributed by atoms with E-state index in [0.717, 1.165) is 54.9 Å². The van der Waals surface area contributed by atoms with Gasteiger partial charge in [-0.25, -0.2) is 4.99 Å². The first-order chi connectivity index (χ1) is 15.1. The lowest BCUT2D eigenvalue weighted by Crippen LogP contribution is -2.44. The van der Waals surface area contributed by atoms with Gasteiger partial charge in [-0.2, -0.15) is 0 Å². The van der Waals surface area contributed by atoms with Crippen molar-refractivity contribution in [3.8, 4) is 0 Å². The standard InChI is InChI=1S/C22H25ClN6OS/c23-16-2-1-3-18(12-16)28-14-26-21-19(20(28)24)31-22(25)29(21)17-6-4-15(5-7-17)13-27-8-10-30-11-9-27/h1-7,12,14,20,22H,8-11,13,24-25H2. The Morgan fingerprint density at radius 2 is 1.84 bits per heavy atom. The number of hydrogen-bond acceptors (Lipinski definition) is 8. The molecule has 0 saturated carbocycles. The average Bonchev–Trinajstić information content (AvgIpc) is 3.12. The molecule has 0 spiro atoms. The zero-order chi connectivity index (χ0) is 21.4. The topological polar surface area (TPSA) is 83.3 Å². The molecule has 2 aromatic carbocycles. The fraction of sp³-hybridized carbons (Fsp3) is 0.318. The molecule has 1 fully saturated rings. The van der Waals surface area contributed by atoms with E-state index in [4.69, 9.17) is 32.8 Å². The van der Waals surface area contributed by atoms with Gasteiger partial charge in [0.15, 0.2) is 0 Å². The smallest absolute Gasteiger partial charge is 0.150 e. The summed E-state index contributed by atoms with van der Waals surface area (Å²) >= 11 is 7.70. The van der Waals surface area contributed by atoms with Crippen molar-refractivity contribution in [2.24, 2.45) is 16.5 Å². The summed E-state index contributed by atoms with van der Waals surface area (Å²) in [5, 5.41) is 0.660. The van der Waals surface area contributed by atoms with Gasteiger partial charge in [-0.05, 0) is 35.9 Å². The van der Waals surface area contributed by atoms with Gasteiger partial charge in [0.05, 0.1) is 24.5 Å². The lowest BCUT2D eigenvalue weighted by Gasteiger charge is -2.31. The van der Waals surface area contributed by atoms with Crippen molar-refractivity contribution in [1.29, 1.82) is 0 Å². The lowest BCUT2D eigenvalue weighted by molar-refractivity contribution is 0.0342. The van der Waals surface area contributed by atoms with Crippen LogP contribution in [-0.4, -0.2) is 49.2 Å². The van der Waals surface area contributed by atoms with E-state index in [2.05, 4.69) is 29.2 Å². The minimum atomic E-state index is -0.368. The second-order valence-corrected chi connectivity index (χ2v) is 9.29. The molecule has 5 rings (SSSR count). The Hall–Kier alpha value is -2.07. The largest absolute Gasteiger partial charge is 0.379 e. The molecule has 1 saturated heterocycles. The van der Waals surface area contributed by atoms with Gasteiger partial charge >= 0.3 is 0 Å². The normalized spacial score (nSPS) is 24.1. The van der Waals surface area contributed by atoms with E-state index in [1.54, 1.807) is 18.1 Å². The maximum Gasteiger partial charge on any atom is 0.150 e. The molecule has 31 heavy (non-hydrogen) atoms. The SMILES string of the molecule is NC1C2=C(N=CN1c1cccc(Cl)c1)N(c1ccc(CN3CCOCC3)cc1)C(N)S2. The molecule has 4 N–H and O–H groups in total. The van der Waals surface area contributed by atoms with E-state index in [0.29, 0.717) is 5.02 Å². The Labute approximate surface area is 191 Å². The predicted molar refractivity (Wildman–Crippen MR) is 128 cm³/mol. The van der Waals surface area contributed by atoms with Crippen LogP contribution >= 0.6 is 23.4 Å². The Balaban J connectivity index is 1.35. The van der Waals surface area contributed by atoms with Crippen molar-refractivity contribution in [2.75, 3.05) is 36.1 Å². The second kappa shape index (κ2) is 8.82. The summed E-state index contributed by atoms with van der Waals surface area (Å²) in [4.78, 5) is 12.0. The van der Waals surface area contributed by atoms with Gasteiger partial charge in [-0.3, -0.25) is 9.80 Å². The highest BCUT2D eigenvalue weighted by Gasteiger charge is 2.38. The third kappa shape index (κ3) is 4.19. The summed E-state index contributed by atoms with van der Waals surface area (Å²) in [7, 11) is 0. The number of nitrogens with two attached hydrogens (primary N) is 2. The molecular weight excluding hydrogens is 432 g/mol. The molecule has 3 aliphatic heterocycles. The Morgan fingerprint density at radius 1 is 1.06 bits per heavy atom. The first-order valence-corrected chi connectivity index (χ1v) is 11.5. The molecule has 0 amide bonds. The third-order valence-corrected chi connectivity index (χ3v) is 7.02. The summed E-state index contributed by atoms with van der Waals surface area (Å²) in [6.45, 7) is 4.48. The molecule has 7 nitrogen and oxygen atoms in total. The van der Waals surface area contributed by atoms with E-state index in [9.17, 15) is 0 Å². The minimum absolute atomic E-state index is 0.280. The molecular formula is C22H25ClN6OS. The Bertz CT molecular complexity index is 1010. The zero-order valence-corrected chi connectivity index (χ0v) is 18.6. The van der Waals surface area contributed by atoms with E-state index < -0.39 is 0 Å². The second-order valence-electron chi connectivity index (χ2n) is 7.70. The molecule has 3 aliphatic rings. The van der Waals surface area contributed by atoms with Gasteiger partial charge in [-0.15, -0.1) is 0 Å². The lowest BCUT2D eigenvalue weighted by atomic mass is 10.1. The third-order valence-electron chi connectivity index (χ3n) is 5.65. The van der Waals surface area contributed by atoms with Crippen LogP contribution in [0.2, 0.25) is 5.02 Å². The maximum absolute atomic E-state index is 6.59. The molecule has 2 aromatic rings. The van der Waals surface area contributed by atoms with Crippen LogP contribution in [0, 0.1) is 0 Å². The van der Waals surface area contributed by atoms with Gasteiger partial charge in [0.25, 0.3) is 0 Å². The quantitative estimate of drug-likeness (QED) is 0.731. The fourth-order valence-corrected chi connectivity index (χ4v) is 5.31. The zero-order valence-electron chi connectivity index (χ0n) is 17.0. The van der Waals surface area contributed by atoms with Crippen LogP contribution in [0.3, 0.4) is 0 Å². The van der Waals surface area contributed by atoms with Gasteiger partial charge < -0.3 is 21.1 Å². The van der Waals surface area contributed by atoms with Crippen LogP contribution in [-0.2, 0) is 11.3 Å². The highest BCUT2D eigenvalue weighted by molar-refractivity contribution is 8.04. The summed E-state index contributed by atoms with van der Waals surface area (Å²) < 4.78 is 5.43. The van der Waals surface area contributed by atoms with Crippen molar-refractivity contribution < 1.29 is 4.74 Å². The van der Waals surface area contributed by atoms with E-state index in [1.165, 1.54) is 5.56 Å². The van der Waals surface area contributed by atoms with Crippen molar-refractivity contribution in [3.05, 3.63) is 69.8 Å². The molecule has 0 bridgehead atoms. The molecule has 9 heteroatoms. The Kier molecular flexibility index (Phi) is 5.92. The predicted octanol–water partition coefficient (Wildman–Crippen LogP) is 2.97. The van der Waals surface area contributed by atoms with E-state index >= 15 is 0 Å². The average molecular weight is 457 g/mol. The number of aliphatic imine (C=N–C) groups is 1. The van der Waals surface area contributed by atoms with Crippen molar-refractivity contribution in [2.45, 2.75) is 18.2 Å². The van der Waals surface area contributed by atoms with Crippen molar-refractivity contribution in [1.82, 2.24) is 4.90 Å². The van der Waals surface area contributed by atoms with Crippen LogP contribution in [0.4, 0.5) is 11.4 Å². The molecule has 0 aromatic heterocycles. The van der Waals surface area contributed by atoms with E-state index in [-0.39, 0.29) is 11.7 Å². The highest BCUT2D eigenvalue weighted by Crippen LogP contribution is 2.43. The van der Waals surface area contributed by atoms with Gasteiger partial charge in [0.2, 0.25) is 0 Å². The molecule has 2 atom stereocenters. The van der Waals surface area contributed by atoms with Crippen LogP contribution in [0.15, 0.2) is 64.2 Å². The number of anilines is 2. The number of rotatable bonds is 4. The molecule has 0 radical (unpaired) electrons. The van der Waals surface area contributed by atoms with Gasteiger partial charge in [0, 0.05) is 36.0 Å². The number of benzene rings is 2. The van der Waals surface area contributed by atoms with Crippen molar-refractivity contribution >= 4 is 41.1 Å². The van der Waals surface area contributed by atoms with Crippen LogP contribution < -0.4 is 21.3 Å². The summed E-state index contributed by atoms with van der Waals surface area (Å²) in [6, 6.07) is 16.1.